The van der Waals surface area contributed by atoms with Crippen molar-refractivity contribution in [3.8, 4) is 0 Å². The van der Waals surface area contributed by atoms with Gasteiger partial charge in [0.05, 0.1) is 18.0 Å². The van der Waals surface area contributed by atoms with Gasteiger partial charge in [0.2, 0.25) is 0 Å². The van der Waals surface area contributed by atoms with Gasteiger partial charge in [-0.2, -0.15) is 0 Å². The van der Waals surface area contributed by atoms with Crippen LogP contribution >= 0.6 is 0 Å². The Bertz CT molecular complexity index is 300. The second kappa shape index (κ2) is 4.45. The van der Waals surface area contributed by atoms with Crippen LogP contribution in [0, 0.1) is 6.92 Å². The number of nitrogen functional groups attached to an aromatic ring is 1. The van der Waals surface area contributed by atoms with Crippen LogP contribution in [0.1, 0.15) is 11.4 Å². The number of pyridine rings is 1. The van der Waals surface area contributed by atoms with E-state index in [-0.39, 0.29) is 0 Å². The van der Waals surface area contributed by atoms with Crippen molar-refractivity contribution in [2.75, 3.05) is 12.3 Å². The van der Waals surface area contributed by atoms with Gasteiger partial charge in [0.15, 0.2) is 0 Å². The normalized spacial score (nSPS) is 9.62. The Morgan fingerprint density at radius 3 is 3.00 bits per heavy atom. The van der Waals surface area contributed by atoms with Crippen LogP contribution in [0.25, 0.3) is 0 Å². The fraction of sp³-hybridized carbons (Fsp3) is 0.333. The lowest BCUT2D eigenvalue weighted by Crippen LogP contribution is -2.01. The van der Waals surface area contributed by atoms with Crippen molar-refractivity contribution >= 4 is 12.2 Å². The summed E-state index contributed by atoms with van der Waals surface area (Å²) in [7, 11) is 0. The van der Waals surface area contributed by atoms with Gasteiger partial charge in [-0.1, -0.05) is 0 Å². The van der Waals surface area contributed by atoms with E-state index in [0.29, 0.717) is 25.2 Å². The number of aromatic nitrogens is 1. The van der Waals surface area contributed by atoms with Crippen LogP contribution in [0.4, 0.5) is 5.69 Å². The van der Waals surface area contributed by atoms with Crippen LogP contribution in [-0.4, -0.2) is 18.1 Å². The second-order valence-corrected chi connectivity index (χ2v) is 2.69. The first-order chi connectivity index (χ1) is 6.24. The van der Waals surface area contributed by atoms with Crippen LogP contribution in [0.5, 0.6) is 0 Å². The third-order valence-corrected chi connectivity index (χ3v) is 1.73. The number of hydrogen-bond acceptors (Lipinski definition) is 4. The summed E-state index contributed by atoms with van der Waals surface area (Å²) in [6.45, 7) is 2.64. The van der Waals surface area contributed by atoms with Crippen molar-refractivity contribution in [1.82, 2.24) is 4.98 Å². The zero-order valence-corrected chi connectivity index (χ0v) is 7.49. The molecular weight excluding hydrogens is 168 g/mol. The lowest BCUT2D eigenvalue weighted by molar-refractivity contribution is -0.128. The minimum Gasteiger partial charge on any atom is -0.467 e. The molecule has 0 spiro atoms. The highest BCUT2D eigenvalue weighted by Crippen LogP contribution is 2.08. The van der Waals surface area contributed by atoms with Crippen molar-refractivity contribution in [3.05, 3.63) is 23.5 Å². The maximum atomic E-state index is 9.85. The molecule has 0 saturated carbocycles. The van der Waals surface area contributed by atoms with Gasteiger partial charge >= 0.3 is 0 Å². The van der Waals surface area contributed by atoms with Gasteiger partial charge in [-0.05, 0) is 19.1 Å². The predicted molar refractivity (Wildman–Crippen MR) is 49.1 cm³/mol. The molecule has 0 atom stereocenters. The molecule has 0 aliphatic carbocycles. The van der Waals surface area contributed by atoms with Crippen molar-refractivity contribution in [2.24, 2.45) is 0 Å². The minimum absolute atomic E-state index is 0.361. The minimum atomic E-state index is 0.361. The monoisotopic (exact) mass is 180 g/mol. The van der Waals surface area contributed by atoms with Gasteiger partial charge < -0.3 is 10.5 Å². The highest BCUT2D eigenvalue weighted by atomic mass is 16.5. The fourth-order valence-corrected chi connectivity index (χ4v) is 0.975. The summed E-state index contributed by atoms with van der Waals surface area (Å²) in [6.07, 6.45) is 0.625. The molecule has 13 heavy (non-hydrogen) atoms. The quantitative estimate of drug-likeness (QED) is 0.546. The van der Waals surface area contributed by atoms with Gasteiger partial charge in [-0.3, -0.25) is 9.78 Å². The van der Waals surface area contributed by atoms with E-state index in [1.807, 2.05) is 13.0 Å². The van der Waals surface area contributed by atoms with Crippen molar-refractivity contribution in [2.45, 2.75) is 13.3 Å². The number of nitrogens with zero attached hydrogens (tertiary/aromatic N) is 1. The number of carbonyl (C=O) groups excluding carboxylic acids is 1. The predicted octanol–water partition coefficient (Wildman–Crippen LogP) is 0.688. The second-order valence-electron chi connectivity index (χ2n) is 2.69. The molecule has 0 fully saturated rings. The summed E-state index contributed by atoms with van der Waals surface area (Å²) in [5.41, 5.74) is 7.97. The average Bonchev–Trinajstić information content (AvgIpc) is 2.12. The lowest BCUT2D eigenvalue weighted by atomic mass is 10.2. The van der Waals surface area contributed by atoms with E-state index in [9.17, 15) is 4.79 Å². The number of anilines is 1. The number of nitrogens with two attached hydrogens (primary N) is 1. The molecule has 70 valence electrons. The van der Waals surface area contributed by atoms with Crippen LogP contribution in [0.3, 0.4) is 0 Å². The summed E-state index contributed by atoms with van der Waals surface area (Å²) >= 11 is 0. The first kappa shape index (κ1) is 9.51. The molecule has 0 saturated heterocycles. The van der Waals surface area contributed by atoms with E-state index in [2.05, 4.69) is 9.72 Å². The lowest BCUT2D eigenvalue weighted by Gasteiger charge is -2.02. The molecule has 0 aromatic carbocycles. The van der Waals surface area contributed by atoms with Crippen molar-refractivity contribution < 1.29 is 9.53 Å². The molecule has 0 amide bonds. The molecule has 1 heterocycles. The Morgan fingerprint density at radius 1 is 1.62 bits per heavy atom. The molecule has 0 aliphatic rings. The largest absolute Gasteiger partial charge is 0.467 e. The summed E-state index contributed by atoms with van der Waals surface area (Å²) < 4.78 is 4.56. The molecule has 1 aromatic rings. The molecule has 0 aliphatic heterocycles. The van der Waals surface area contributed by atoms with E-state index in [4.69, 9.17) is 5.73 Å². The Balaban J connectivity index is 2.57. The Kier molecular flexibility index (Phi) is 3.25. The highest BCUT2D eigenvalue weighted by molar-refractivity contribution is 5.42. The summed E-state index contributed by atoms with van der Waals surface area (Å²) in [5, 5.41) is 0. The van der Waals surface area contributed by atoms with Crippen LogP contribution in [0.15, 0.2) is 12.1 Å². The van der Waals surface area contributed by atoms with Gasteiger partial charge in [-0.25, -0.2) is 0 Å². The Hall–Kier alpha value is -1.58. The molecule has 4 heteroatoms. The van der Waals surface area contributed by atoms with E-state index in [0.717, 1.165) is 11.4 Å². The average molecular weight is 180 g/mol. The Labute approximate surface area is 76.7 Å². The smallest absolute Gasteiger partial charge is 0.293 e. The number of aryl methyl sites for hydroxylation is 1. The van der Waals surface area contributed by atoms with Gasteiger partial charge in [0, 0.05) is 12.1 Å². The molecule has 0 bridgehead atoms. The van der Waals surface area contributed by atoms with E-state index < -0.39 is 0 Å². The molecule has 4 nitrogen and oxygen atoms in total. The third kappa shape index (κ3) is 2.74. The fourth-order valence-electron chi connectivity index (χ4n) is 0.975. The van der Waals surface area contributed by atoms with Crippen LogP contribution in [-0.2, 0) is 16.0 Å². The standard InChI is InChI=1S/C9H12N2O2/c1-7-9(10)3-2-8(11-7)4-5-13-6-12/h2-3,6H,4-5,10H2,1H3. The van der Waals surface area contributed by atoms with Crippen LogP contribution < -0.4 is 5.73 Å². The van der Waals surface area contributed by atoms with Crippen molar-refractivity contribution in [1.29, 1.82) is 0 Å². The van der Waals surface area contributed by atoms with E-state index in [1.54, 1.807) is 6.07 Å². The molecule has 2 N–H and O–H groups in total. The first-order valence-electron chi connectivity index (χ1n) is 4.01. The van der Waals surface area contributed by atoms with E-state index >= 15 is 0 Å². The third-order valence-electron chi connectivity index (χ3n) is 1.73. The number of carbonyl (C=O) groups is 1. The summed E-state index contributed by atoms with van der Waals surface area (Å²) in [4.78, 5) is 14.1. The molecule has 0 radical (unpaired) electrons. The molecule has 1 rings (SSSR count). The Morgan fingerprint density at radius 2 is 2.38 bits per heavy atom. The summed E-state index contributed by atoms with van der Waals surface area (Å²) in [6, 6.07) is 3.63. The molecular formula is C9H12N2O2. The SMILES string of the molecule is Cc1nc(CCOC=O)ccc1N. The number of hydrogen-bond donors (Lipinski definition) is 1. The summed E-state index contributed by atoms with van der Waals surface area (Å²) in [5.74, 6) is 0. The molecule has 0 unspecified atom stereocenters. The maximum absolute atomic E-state index is 9.85. The van der Waals surface area contributed by atoms with Gasteiger partial charge in [0.25, 0.3) is 6.47 Å². The van der Waals surface area contributed by atoms with Crippen molar-refractivity contribution in [3.63, 3.8) is 0 Å². The zero-order chi connectivity index (χ0) is 9.68. The van der Waals surface area contributed by atoms with Crippen LogP contribution in [0.2, 0.25) is 0 Å². The highest BCUT2D eigenvalue weighted by Gasteiger charge is 1.98. The molecule has 1 aromatic heterocycles. The number of ether oxygens (including phenoxy) is 1. The van der Waals surface area contributed by atoms with Gasteiger partial charge in [-0.15, -0.1) is 0 Å². The zero-order valence-electron chi connectivity index (χ0n) is 7.49. The number of rotatable bonds is 4. The van der Waals surface area contributed by atoms with E-state index in [1.165, 1.54) is 0 Å². The maximum Gasteiger partial charge on any atom is 0.293 e. The topological polar surface area (TPSA) is 65.2 Å². The van der Waals surface area contributed by atoms with Gasteiger partial charge in [0.1, 0.15) is 0 Å². The first-order valence-corrected chi connectivity index (χ1v) is 4.01.